The van der Waals surface area contributed by atoms with Crippen LogP contribution < -0.4 is 5.46 Å². The minimum atomic E-state index is -0.487. The smallest absolute Gasteiger partial charge is 0.399 e. The summed E-state index contributed by atoms with van der Waals surface area (Å²) in [4.78, 5) is 20.6. The van der Waals surface area contributed by atoms with Crippen molar-refractivity contribution in [3.05, 3.63) is 29.3 Å². The normalized spacial score (nSPS) is 23.8. The topological polar surface area (TPSA) is 51.1 Å². The van der Waals surface area contributed by atoms with Crippen LogP contribution in [0.4, 0.5) is 0 Å². The summed E-state index contributed by atoms with van der Waals surface area (Å²) in [5.41, 5.74) is 2.12. The molecule has 3 aliphatic rings. The van der Waals surface area contributed by atoms with Gasteiger partial charge in [-0.05, 0) is 64.9 Å². The van der Waals surface area contributed by atoms with Gasteiger partial charge in [-0.1, -0.05) is 56.4 Å². The van der Waals surface area contributed by atoms with E-state index in [0.717, 1.165) is 67.4 Å². The van der Waals surface area contributed by atoms with Gasteiger partial charge >= 0.3 is 7.12 Å². The average Bonchev–Trinajstić information content (AvgIpc) is 3.10. The van der Waals surface area contributed by atoms with Crippen molar-refractivity contribution in [1.82, 2.24) is 4.90 Å². The summed E-state index contributed by atoms with van der Waals surface area (Å²) >= 11 is 0. The zero-order valence-electron chi connectivity index (χ0n) is 20.8. The summed E-state index contributed by atoms with van der Waals surface area (Å²) in [7, 11) is -0.366. The van der Waals surface area contributed by atoms with E-state index in [1.807, 2.05) is 4.90 Å². The first-order chi connectivity index (χ1) is 15.1. The molecule has 4 rings (SSSR count). The van der Waals surface area contributed by atoms with Crippen LogP contribution in [-0.4, -0.2) is 40.5 Å². The Balaban J connectivity index is 1.54. The van der Waals surface area contributed by atoms with Crippen molar-refractivity contribution >= 4 is 24.3 Å². The van der Waals surface area contributed by atoms with Crippen LogP contribution in [0, 0.1) is 6.92 Å². The lowest BCUT2D eigenvalue weighted by Crippen LogP contribution is -2.43. The lowest BCUT2D eigenvalue weighted by Gasteiger charge is -2.32. The Morgan fingerprint density at radius 3 is 2.31 bits per heavy atom. The molecule has 0 N–H and O–H groups in total. The molecule has 0 atom stereocenters. The molecule has 0 bridgehead atoms. The lowest BCUT2D eigenvalue weighted by molar-refractivity contribution is -0.132. The number of benzene rings is 1. The van der Waals surface area contributed by atoms with Crippen LogP contribution in [-0.2, 0) is 20.6 Å². The maximum atomic E-state index is 13.5. The standard InChI is InChI=1S/C26H39BN2O3/c1-7-8-12-22-28-26(15-10-9-11-16-26)23(30)29(22)18-20-13-14-21(19(2)17-20)27-31-24(3,4)25(5,6)32-27/h13-14,17H,7-12,15-16,18H2,1-6H3. The Hall–Kier alpha value is -1.66. The quantitative estimate of drug-likeness (QED) is 0.592. The first kappa shape index (κ1) is 23.5. The molecular formula is C26H39BN2O3. The van der Waals surface area contributed by atoms with Gasteiger partial charge < -0.3 is 9.31 Å². The summed E-state index contributed by atoms with van der Waals surface area (Å²) in [6, 6.07) is 6.40. The molecule has 32 heavy (non-hydrogen) atoms. The van der Waals surface area contributed by atoms with Gasteiger partial charge in [-0.25, -0.2) is 0 Å². The predicted molar refractivity (Wildman–Crippen MR) is 130 cm³/mol. The summed E-state index contributed by atoms with van der Waals surface area (Å²) < 4.78 is 12.5. The van der Waals surface area contributed by atoms with Crippen LogP contribution in [0.5, 0.6) is 0 Å². The number of unbranched alkanes of at least 4 members (excludes halogenated alkanes) is 1. The fourth-order valence-electron chi connectivity index (χ4n) is 5.13. The van der Waals surface area contributed by atoms with Crippen LogP contribution in [0.3, 0.4) is 0 Å². The first-order valence-electron chi connectivity index (χ1n) is 12.4. The minimum absolute atomic E-state index is 0.219. The summed E-state index contributed by atoms with van der Waals surface area (Å²) in [6.07, 6.45) is 8.28. The van der Waals surface area contributed by atoms with Crippen LogP contribution in [0.1, 0.15) is 97.1 Å². The monoisotopic (exact) mass is 438 g/mol. The van der Waals surface area contributed by atoms with Crippen LogP contribution in [0.2, 0.25) is 0 Å². The number of aliphatic imine (C=N–C) groups is 1. The Kier molecular flexibility index (Phi) is 6.32. The van der Waals surface area contributed by atoms with Gasteiger partial charge in [0.05, 0.1) is 17.7 Å². The van der Waals surface area contributed by atoms with E-state index in [-0.39, 0.29) is 24.2 Å². The molecule has 0 radical (unpaired) electrons. The van der Waals surface area contributed by atoms with Crippen LogP contribution in [0.15, 0.2) is 23.2 Å². The largest absolute Gasteiger partial charge is 0.495 e. The van der Waals surface area contributed by atoms with E-state index in [2.05, 4.69) is 59.7 Å². The van der Waals surface area contributed by atoms with Gasteiger partial charge in [-0.15, -0.1) is 0 Å². The molecule has 1 spiro atoms. The van der Waals surface area contributed by atoms with E-state index in [1.165, 1.54) is 6.42 Å². The van der Waals surface area contributed by atoms with Gasteiger partial charge in [0.25, 0.3) is 5.91 Å². The van der Waals surface area contributed by atoms with Gasteiger partial charge in [0.1, 0.15) is 11.4 Å². The molecule has 5 nitrogen and oxygen atoms in total. The highest BCUT2D eigenvalue weighted by molar-refractivity contribution is 6.62. The Morgan fingerprint density at radius 1 is 1.06 bits per heavy atom. The van der Waals surface area contributed by atoms with Crippen molar-refractivity contribution in [1.29, 1.82) is 0 Å². The van der Waals surface area contributed by atoms with Crippen molar-refractivity contribution in [3.8, 4) is 0 Å². The number of amides is 1. The second-order valence-corrected chi connectivity index (χ2v) is 10.9. The number of carbonyl (C=O) groups excluding carboxylic acids is 1. The van der Waals surface area contributed by atoms with E-state index in [0.29, 0.717) is 6.54 Å². The second-order valence-electron chi connectivity index (χ2n) is 10.9. The molecular weight excluding hydrogens is 399 g/mol. The summed E-state index contributed by atoms with van der Waals surface area (Å²) in [6.45, 7) is 13.2. The SMILES string of the molecule is CCCCC1=NC2(CCCCC2)C(=O)N1Cc1ccc(B2OC(C)(C)C(C)(C)O2)c(C)c1. The fourth-order valence-corrected chi connectivity index (χ4v) is 5.13. The maximum Gasteiger partial charge on any atom is 0.495 e. The van der Waals surface area contributed by atoms with Gasteiger partial charge in [0, 0.05) is 6.42 Å². The number of hydrogen-bond donors (Lipinski definition) is 0. The minimum Gasteiger partial charge on any atom is -0.399 e. The third-order valence-corrected chi connectivity index (χ3v) is 7.91. The molecule has 1 aliphatic carbocycles. The summed E-state index contributed by atoms with van der Waals surface area (Å²) in [5.74, 6) is 1.21. The van der Waals surface area contributed by atoms with E-state index >= 15 is 0 Å². The van der Waals surface area contributed by atoms with E-state index in [4.69, 9.17) is 14.3 Å². The molecule has 2 fully saturated rings. The van der Waals surface area contributed by atoms with Crippen LogP contribution in [0.25, 0.3) is 0 Å². The van der Waals surface area contributed by atoms with E-state index in [1.54, 1.807) is 0 Å². The Morgan fingerprint density at radius 2 is 1.72 bits per heavy atom. The average molecular weight is 438 g/mol. The molecule has 1 saturated carbocycles. The third kappa shape index (κ3) is 4.16. The molecule has 6 heteroatoms. The highest BCUT2D eigenvalue weighted by atomic mass is 16.7. The zero-order valence-corrected chi connectivity index (χ0v) is 20.8. The number of carbonyl (C=O) groups is 1. The zero-order chi connectivity index (χ0) is 23.1. The highest BCUT2D eigenvalue weighted by Crippen LogP contribution is 2.39. The van der Waals surface area contributed by atoms with Crippen LogP contribution >= 0.6 is 0 Å². The predicted octanol–water partition coefficient (Wildman–Crippen LogP) is 4.93. The summed E-state index contributed by atoms with van der Waals surface area (Å²) in [5, 5.41) is 0. The molecule has 1 aromatic carbocycles. The maximum absolute atomic E-state index is 13.5. The lowest BCUT2D eigenvalue weighted by atomic mass is 9.76. The number of nitrogens with zero attached hydrogens (tertiary/aromatic N) is 2. The first-order valence-corrected chi connectivity index (χ1v) is 12.4. The molecule has 1 amide bonds. The van der Waals surface area contributed by atoms with Crippen molar-refractivity contribution in [3.63, 3.8) is 0 Å². The van der Waals surface area contributed by atoms with Crippen molar-refractivity contribution in [2.75, 3.05) is 0 Å². The fraction of sp³-hybridized carbons (Fsp3) is 0.692. The molecule has 1 saturated heterocycles. The molecule has 2 aliphatic heterocycles. The van der Waals surface area contributed by atoms with Gasteiger partial charge in [0.2, 0.25) is 0 Å². The molecule has 1 aromatic rings. The van der Waals surface area contributed by atoms with E-state index in [9.17, 15) is 4.79 Å². The van der Waals surface area contributed by atoms with Gasteiger partial charge in [-0.2, -0.15) is 0 Å². The highest BCUT2D eigenvalue weighted by Gasteiger charge is 2.52. The van der Waals surface area contributed by atoms with Gasteiger partial charge in [-0.3, -0.25) is 14.7 Å². The molecule has 0 unspecified atom stereocenters. The van der Waals surface area contributed by atoms with Crippen molar-refractivity contribution in [2.45, 2.75) is 116 Å². The Labute approximate surface area is 194 Å². The molecule has 2 heterocycles. The van der Waals surface area contributed by atoms with Crippen molar-refractivity contribution < 1.29 is 14.1 Å². The third-order valence-electron chi connectivity index (χ3n) is 7.91. The number of amidine groups is 1. The van der Waals surface area contributed by atoms with E-state index < -0.39 is 5.54 Å². The second kappa shape index (κ2) is 8.60. The molecule has 0 aromatic heterocycles. The molecule has 174 valence electrons. The Bertz CT molecular complexity index is 886. The number of hydrogen-bond acceptors (Lipinski definition) is 4. The van der Waals surface area contributed by atoms with Gasteiger partial charge in [0.15, 0.2) is 0 Å². The number of rotatable bonds is 6. The van der Waals surface area contributed by atoms with Crippen molar-refractivity contribution in [2.24, 2.45) is 4.99 Å². The number of aryl methyl sites for hydroxylation is 1.